The number of aromatic nitrogens is 3. The van der Waals surface area contributed by atoms with Crippen LogP contribution in [-0.2, 0) is 0 Å². The van der Waals surface area contributed by atoms with Crippen LogP contribution in [0.25, 0.3) is 11.4 Å². The van der Waals surface area contributed by atoms with E-state index in [1.54, 1.807) is 24.5 Å². The molecule has 0 aromatic carbocycles. The second-order valence-electron chi connectivity index (χ2n) is 4.39. The topological polar surface area (TPSA) is 74.5 Å². The molecular weight excluding hydrogens is 282 g/mol. The summed E-state index contributed by atoms with van der Waals surface area (Å²) in [5.74, 6) is 0.748. The van der Waals surface area contributed by atoms with E-state index in [4.69, 9.17) is 5.26 Å². The van der Waals surface area contributed by atoms with E-state index < -0.39 is 0 Å². The van der Waals surface area contributed by atoms with Gasteiger partial charge in [-0.15, -0.1) is 11.3 Å². The molecule has 0 amide bonds. The molecule has 3 heterocycles. The molecule has 102 valence electrons. The zero-order valence-electron chi connectivity index (χ0n) is 11.2. The molecule has 21 heavy (non-hydrogen) atoms. The van der Waals surface area contributed by atoms with Crippen LogP contribution in [0.15, 0.2) is 42.0 Å². The lowest BCUT2D eigenvalue weighted by atomic mass is 10.2. The Morgan fingerprint density at radius 1 is 1.24 bits per heavy atom. The lowest BCUT2D eigenvalue weighted by molar-refractivity contribution is 1.24. The molecule has 5 nitrogen and oxygen atoms in total. The molecule has 0 radical (unpaired) electrons. The van der Waals surface area contributed by atoms with Gasteiger partial charge in [-0.3, -0.25) is 4.98 Å². The molecule has 0 bridgehead atoms. The predicted molar refractivity (Wildman–Crippen MR) is 82.3 cm³/mol. The summed E-state index contributed by atoms with van der Waals surface area (Å²) < 4.78 is 0. The van der Waals surface area contributed by atoms with Crippen LogP contribution >= 0.6 is 11.3 Å². The summed E-state index contributed by atoms with van der Waals surface area (Å²) in [4.78, 5) is 12.9. The van der Waals surface area contributed by atoms with Crippen LogP contribution < -0.4 is 5.32 Å². The van der Waals surface area contributed by atoms with Gasteiger partial charge in [0.25, 0.3) is 0 Å². The summed E-state index contributed by atoms with van der Waals surface area (Å²) in [7, 11) is 0. The maximum absolute atomic E-state index is 9.11. The molecule has 0 spiro atoms. The van der Waals surface area contributed by atoms with Gasteiger partial charge in [0.1, 0.15) is 23.3 Å². The number of anilines is 2. The Morgan fingerprint density at radius 3 is 2.95 bits per heavy atom. The lowest BCUT2D eigenvalue weighted by Crippen LogP contribution is -1.94. The Kier molecular flexibility index (Phi) is 3.58. The molecule has 0 aliphatic heterocycles. The van der Waals surface area contributed by atoms with E-state index in [9.17, 15) is 0 Å². The summed E-state index contributed by atoms with van der Waals surface area (Å²) in [6.07, 6.45) is 3.41. The first kappa shape index (κ1) is 13.2. The zero-order valence-corrected chi connectivity index (χ0v) is 12.1. The van der Waals surface area contributed by atoms with Gasteiger partial charge in [0, 0.05) is 17.8 Å². The Balaban J connectivity index is 1.89. The first-order valence-corrected chi connectivity index (χ1v) is 7.15. The van der Waals surface area contributed by atoms with Crippen LogP contribution in [0.4, 0.5) is 10.9 Å². The van der Waals surface area contributed by atoms with Gasteiger partial charge in [-0.25, -0.2) is 9.97 Å². The average Bonchev–Trinajstić information content (AvgIpc) is 2.95. The summed E-state index contributed by atoms with van der Waals surface area (Å²) in [5, 5.41) is 14.9. The number of hydrogen-bond donors (Lipinski definition) is 1. The highest BCUT2D eigenvalue weighted by molar-refractivity contribution is 7.14. The zero-order chi connectivity index (χ0) is 14.7. The Hall–Kier alpha value is -2.78. The minimum atomic E-state index is 0.517. The highest BCUT2D eigenvalue weighted by Gasteiger charge is 2.10. The first-order valence-electron chi connectivity index (χ1n) is 6.27. The maximum atomic E-state index is 9.11. The molecule has 0 atom stereocenters. The fraction of sp³-hybridized carbons (Fsp3) is 0.0667. The van der Waals surface area contributed by atoms with Crippen LogP contribution in [0, 0.1) is 18.3 Å². The molecule has 1 N–H and O–H groups in total. The molecule has 6 heteroatoms. The van der Waals surface area contributed by atoms with Gasteiger partial charge in [0.2, 0.25) is 0 Å². The Bertz CT molecular complexity index is 819. The van der Waals surface area contributed by atoms with Crippen LogP contribution in [0.1, 0.15) is 11.1 Å². The molecule has 0 fully saturated rings. The molecular formula is C15H11N5S. The molecule has 3 aromatic heterocycles. The van der Waals surface area contributed by atoms with Gasteiger partial charge in [-0.05, 0) is 36.8 Å². The van der Waals surface area contributed by atoms with Crippen molar-refractivity contribution >= 4 is 22.3 Å². The lowest BCUT2D eigenvalue weighted by Gasteiger charge is -2.02. The number of aryl methyl sites for hydroxylation is 1. The van der Waals surface area contributed by atoms with Gasteiger partial charge >= 0.3 is 0 Å². The summed E-state index contributed by atoms with van der Waals surface area (Å²) in [6.45, 7) is 2.01. The van der Waals surface area contributed by atoms with Crippen LogP contribution in [0.3, 0.4) is 0 Å². The summed E-state index contributed by atoms with van der Waals surface area (Å²) in [5.41, 5.74) is 2.93. The van der Waals surface area contributed by atoms with Gasteiger partial charge in [-0.1, -0.05) is 0 Å². The van der Waals surface area contributed by atoms with E-state index in [1.165, 1.54) is 11.3 Å². The molecule has 0 saturated carbocycles. The monoisotopic (exact) mass is 293 g/mol. The summed E-state index contributed by atoms with van der Waals surface area (Å²) >= 11 is 1.45. The second-order valence-corrected chi connectivity index (χ2v) is 5.25. The largest absolute Gasteiger partial charge is 0.316 e. The number of rotatable bonds is 3. The fourth-order valence-corrected chi connectivity index (χ4v) is 2.56. The smallest absolute Gasteiger partial charge is 0.188 e. The SMILES string of the molecule is Cc1ccnc(Nc2nc(-c3ncccc3C#N)cs2)c1. The van der Waals surface area contributed by atoms with Gasteiger partial charge in [-0.2, -0.15) is 5.26 Å². The highest BCUT2D eigenvalue weighted by Crippen LogP contribution is 2.27. The van der Waals surface area contributed by atoms with Crippen LogP contribution in [0.2, 0.25) is 0 Å². The van der Waals surface area contributed by atoms with Crippen molar-refractivity contribution in [2.45, 2.75) is 6.92 Å². The van der Waals surface area contributed by atoms with E-state index >= 15 is 0 Å². The van der Waals surface area contributed by atoms with Crippen molar-refractivity contribution in [3.8, 4) is 17.5 Å². The highest BCUT2D eigenvalue weighted by atomic mass is 32.1. The van der Waals surface area contributed by atoms with Crippen molar-refractivity contribution in [2.24, 2.45) is 0 Å². The number of nitriles is 1. The molecule has 3 rings (SSSR count). The number of nitrogens with one attached hydrogen (secondary N) is 1. The minimum absolute atomic E-state index is 0.517. The maximum Gasteiger partial charge on any atom is 0.188 e. The number of nitrogens with zero attached hydrogens (tertiary/aromatic N) is 4. The minimum Gasteiger partial charge on any atom is -0.316 e. The summed E-state index contributed by atoms with van der Waals surface area (Å²) in [6, 6.07) is 9.49. The average molecular weight is 293 g/mol. The molecule has 0 aliphatic rings. The third-order valence-electron chi connectivity index (χ3n) is 2.83. The van der Waals surface area contributed by atoms with Crippen LogP contribution in [0.5, 0.6) is 0 Å². The molecule has 0 unspecified atom stereocenters. The first-order chi connectivity index (χ1) is 10.3. The van der Waals surface area contributed by atoms with Crippen molar-refractivity contribution in [1.29, 1.82) is 5.26 Å². The number of hydrogen-bond acceptors (Lipinski definition) is 6. The normalized spacial score (nSPS) is 10.1. The van der Waals surface area contributed by atoms with Gasteiger partial charge in [0.05, 0.1) is 5.56 Å². The third kappa shape index (κ3) is 2.88. The molecule has 3 aromatic rings. The Labute approximate surface area is 126 Å². The molecule has 0 saturated heterocycles. The quantitative estimate of drug-likeness (QED) is 0.799. The fourth-order valence-electron chi connectivity index (χ4n) is 1.85. The second kappa shape index (κ2) is 5.69. The van der Waals surface area contributed by atoms with Crippen molar-refractivity contribution < 1.29 is 0 Å². The van der Waals surface area contributed by atoms with E-state index in [0.29, 0.717) is 17.0 Å². The van der Waals surface area contributed by atoms with E-state index in [1.807, 2.05) is 24.4 Å². The third-order valence-corrected chi connectivity index (χ3v) is 3.58. The predicted octanol–water partition coefficient (Wildman–Crippen LogP) is 3.52. The van der Waals surface area contributed by atoms with E-state index in [-0.39, 0.29) is 0 Å². The number of thiazole rings is 1. The van der Waals surface area contributed by atoms with Crippen LogP contribution in [-0.4, -0.2) is 15.0 Å². The van der Waals surface area contributed by atoms with Crippen molar-refractivity contribution in [2.75, 3.05) is 5.32 Å². The van der Waals surface area contributed by atoms with Gasteiger partial charge < -0.3 is 5.32 Å². The van der Waals surface area contributed by atoms with Crippen molar-refractivity contribution in [3.05, 3.63) is 53.2 Å². The van der Waals surface area contributed by atoms with Crippen molar-refractivity contribution in [3.63, 3.8) is 0 Å². The molecule has 0 aliphatic carbocycles. The number of pyridine rings is 2. The van der Waals surface area contributed by atoms with E-state index in [0.717, 1.165) is 16.5 Å². The van der Waals surface area contributed by atoms with Crippen molar-refractivity contribution in [1.82, 2.24) is 15.0 Å². The van der Waals surface area contributed by atoms with Gasteiger partial charge in [0.15, 0.2) is 5.13 Å². The Morgan fingerprint density at radius 2 is 2.14 bits per heavy atom. The van der Waals surface area contributed by atoms with E-state index in [2.05, 4.69) is 26.3 Å². The standard InChI is InChI=1S/C15H11N5S/c1-10-4-6-17-13(7-10)20-15-19-12(9-21-15)14-11(8-16)3-2-5-18-14/h2-7,9H,1H3,(H,17,19,20).